The summed E-state index contributed by atoms with van der Waals surface area (Å²) in [4.78, 5) is 53.9. The lowest BCUT2D eigenvalue weighted by Gasteiger charge is -2.09. The molecule has 630 valence electrons. The van der Waals surface area contributed by atoms with E-state index in [1.54, 1.807) is 0 Å². The molecular weight excluding hydrogens is 1480 g/mol. The molecule has 0 aliphatic rings. The third-order valence-electron chi connectivity index (χ3n) is 17.7. The maximum absolute atomic E-state index is 4.66. The fourth-order valence-corrected chi connectivity index (χ4v) is 13.3. The number of pyridine rings is 12. The van der Waals surface area contributed by atoms with Crippen LogP contribution in [-0.4, -0.2) is 59.8 Å². The van der Waals surface area contributed by atoms with Gasteiger partial charge in [0.15, 0.2) is 0 Å². The summed E-state index contributed by atoms with van der Waals surface area (Å²) in [6, 6.07) is 62.2. The van der Waals surface area contributed by atoms with Crippen molar-refractivity contribution in [2.45, 2.75) is 215 Å². The molecule has 6 aromatic carbocycles. The van der Waals surface area contributed by atoms with Gasteiger partial charge in [0.2, 0.25) is 0 Å². The van der Waals surface area contributed by atoms with Gasteiger partial charge in [-0.05, 0) is 233 Å². The van der Waals surface area contributed by atoms with Crippen molar-refractivity contribution in [3.63, 3.8) is 0 Å². The van der Waals surface area contributed by atoms with Crippen molar-refractivity contribution >= 4 is 130 Å². The zero-order valence-electron chi connectivity index (χ0n) is 78.5. The van der Waals surface area contributed by atoms with Crippen molar-refractivity contribution in [2.24, 2.45) is 35.5 Å². The Balaban J connectivity index is 0.000000190. The van der Waals surface area contributed by atoms with Gasteiger partial charge >= 0.3 is 0 Å². The van der Waals surface area contributed by atoms with E-state index >= 15 is 0 Å². The van der Waals surface area contributed by atoms with Crippen LogP contribution in [0.2, 0.25) is 0 Å². The first-order valence-electron chi connectivity index (χ1n) is 43.1. The van der Waals surface area contributed by atoms with Crippen LogP contribution in [0, 0.1) is 126 Å². The number of hydrogen-bond donors (Lipinski definition) is 0. The molecule has 0 unspecified atom stereocenters. The lowest BCUT2D eigenvalue weighted by molar-refractivity contribution is 0.736. The highest BCUT2D eigenvalue weighted by Gasteiger charge is 2.13. The van der Waals surface area contributed by atoms with E-state index in [9.17, 15) is 0 Å². The van der Waals surface area contributed by atoms with Crippen molar-refractivity contribution in [3.8, 4) is 0 Å². The SMILES string of the molecule is CC(C)C.CC(C)C.CC(C)C.CC(C)C.CC(C)C.CC(C)C.Cc1cc2c(C)nc3ccccc3c2c(C)n1.Cc1cc2c(C)nc3ccccc3c2cn1.Cc1cc2ccc3nc(C)ccc3c2c(C)n1.Cc1cc2ccc3nc(C)ccc3c2cn1.Cc1nc2ccccc2c2c(C)nccc12.Cc1nccc2ccc3ncccc3c12. The molecule has 121 heavy (non-hydrogen) atoms. The van der Waals surface area contributed by atoms with E-state index in [2.05, 4.69) is 320 Å². The van der Waals surface area contributed by atoms with Crippen LogP contribution in [0.5, 0.6) is 0 Å². The minimum atomic E-state index is 0.833. The molecule has 12 heteroatoms. The molecule has 0 spiro atoms. The average Bonchev–Trinajstić information content (AvgIpc) is 0.792. The first-order valence-corrected chi connectivity index (χ1v) is 43.1. The summed E-state index contributed by atoms with van der Waals surface area (Å²) in [5, 5.41) is 21.7. The summed E-state index contributed by atoms with van der Waals surface area (Å²) in [5.74, 6) is 5.00. The Morgan fingerprint density at radius 3 is 1.06 bits per heavy atom. The quantitative estimate of drug-likeness (QED) is 0.133. The summed E-state index contributed by atoms with van der Waals surface area (Å²) in [5.41, 5.74) is 20.1. The van der Waals surface area contributed by atoms with E-state index in [1.165, 1.54) is 97.0 Å². The molecule has 0 radical (unpaired) electrons. The smallest absolute Gasteiger partial charge is 0.0712 e. The van der Waals surface area contributed by atoms with E-state index in [0.717, 1.165) is 143 Å². The van der Waals surface area contributed by atoms with Crippen LogP contribution in [0.25, 0.3) is 130 Å². The molecule has 12 aromatic heterocycles. The number of aryl methyl sites for hydroxylation is 13. The first-order chi connectivity index (χ1) is 57.3. The average molecular weight is 1610 g/mol. The van der Waals surface area contributed by atoms with Gasteiger partial charge in [0.1, 0.15) is 0 Å². The molecule has 0 aliphatic carbocycles. The predicted molar refractivity (Wildman–Crippen MR) is 527 cm³/mol. The Bertz CT molecular complexity index is 6300. The van der Waals surface area contributed by atoms with Crippen LogP contribution in [0.3, 0.4) is 0 Å². The third-order valence-corrected chi connectivity index (χ3v) is 17.7. The minimum Gasteiger partial charge on any atom is -0.261 e. The van der Waals surface area contributed by atoms with Gasteiger partial charge < -0.3 is 0 Å². The Morgan fingerprint density at radius 2 is 0.512 bits per heavy atom. The van der Waals surface area contributed by atoms with E-state index < -0.39 is 0 Å². The van der Waals surface area contributed by atoms with Gasteiger partial charge in [-0.25, -0.2) is 0 Å². The van der Waals surface area contributed by atoms with Crippen molar-refractivity contribution in [1.29, 1.82) is 0 Å². The third kappa shape index (κ3) is 28.4. The molecule has 12 nitrogen and oxygen atoms in total. The highest BCUT2D eigenvalue weighted by molar-refractivity contribution is 6.11. The summed E-state index contributed by atoms with van der Waals surface area (Å²) >= 11 is 0. The Kier molecular flexibility index (Phi) is 36.8. The van der Waals surface area contributed by atoms with Gasteiger partial charge in [0.05, 0.1) is 33.1 Å². The van der Waals surface area contributed by atoms with Crippen LogP contribution in [0.4, 0.5) is 0 Å². The Labute approximate surface area is 722 Å². The van der Waals surface area contributed by atoms with Gasteiger partial charge in [0, 0.05) is 186 Å². The summed E-state index contributed by atoms with van der Waals surface area (Å²) in [6.07, 6.45) is 9.40. The molecule has 12 heterocycles. The van der Waals surface area contributed by atoms with Gasteiger partial charge in [-0.2, -0.15) is 0 Å². The topological polar surface area (TPSA) is 155 Å². The summed E-state index contributed by atoms with van der Waals surface area (Å²) in [6.45, 7) is 65.5. The van der Waals surface area contributed by atoms with Crippen LogP contribution in [0.15, 0.2) is 213 Å². The molecule has 0 atom stereocenters. The number of nitrogens with zero attached hydrogens (tertiary/aromatic N) is 12. The monoisotopic (exact) mass is 1610 g/mol. The second kappa shape index (κ2) is 46.1. The van der Waals surface area contributed by atoms with Gasteiger partial charge in [0.25, 0.3) is 0 Å². The first kappa shape index (κ1) is 96.4. The lowest BCUT2D eigenvalue weighted by Crippen LogP contribution is -1.94. The van der Waals surface area contributed by atoms with E-state index in [1.807, 2.05) is 167 Å². The molecule has 0 saturated heterocycles. The normalized spacial score (nSPS) is 10.7. The molecule has 0 fully saturated rings. The summed E-state index contributed by atoms with van der Waals surface area (Å²) in [7, 11) is 0. The largest absolute Gasteiger partial charge is 0.261 e. The van der Waals surface area contributed by atoms with E-state index in [-0.39, 0.29) is 0 Å². The zero-order valence-corrected chi connectivity index (χ0v) is 78.5. The van der Waals surface area contributed by atoms with Crippen molar-refractivity contribution in [3.05, 3.63) is 287 Å². The van der Waals surface area contributed by atoms with Gasteiger partial charge in [-0.3, -0.25) is 59.8 Å². The van der Waals surface area contributed by atoms with Crippen molar-refractivity contribution < 1.29 is 0 Å². The minimum absolute atomic E-state index is 0.833. The number of hydrogen-bond acceptors (Lipinski definition) is 12. The second-order valence-electron chi connectivity index (χ2n) is 35.3. The standard InChI is InChI=1S/2C15H14N2.3C14H12N2.C13H10N2.6C4H10/c1-9-4-6-13-14(17-9)7-5-12-8-10(2)16-11(3)15(12)13;1-9-8-13-10(2)17-14-7-5-4-6-12(14)15(13)11(3)16-9;1-9-3-5-12-13-8-15-10(2)7-11(13)4-6-14(12)16-9;1-9-7-12-10(2)16-14-6-4-3-5-11(14)13(12)8-15-9;1-9-11-7-8-15-10(2)14(11)12-5-3-4-6-13(12)16-9;1-9-13-10(6-8-14-9)4-5-12-11(13)3-2-7-15-12;6*1-4(2)3/h2*4-8H,1-3H3;3*3-8H,1-2H3;2-8H,1H3;6*4H,1-3H3. The van der Waals surface area contributed by atoms with Gasteiger partial charge in [-0.15, -0.1) is 0 Å². The molecular formula is C109H134N12. The van der Waals surface area contributed by atoms with Crippen LogP contribution in [-0.2, 0) is 0 Å². The van der Waals surface area contributed by atoms with E-state index in [4.69, 9.17) is 0 Å². The number of rotatable bonds is 0. The van der Waals surface area contributed by atoms with Gasteiger partial charge in [-0.1, -0.05) is 216 Å². The van der Waals surface area contributed by atoms with Crippen LogP contribution in [0.1, 0.15) is 199 Å². The molecule has 0 aliphatic heterocycles. The van der Waals surface area contributed by atoms with Crippen molar-refractivity contribution in [1.82, 2.24) is 59.8 Å². The molecule has 0 bridgehead atoms. The highest BCUT2D eigenvalue weighted by Crippen LogP contribution is 2.33. The molecule has 0 N–H and O–H groups in total. The number of para-hydroxylation sites is 3. The maximum atomic E-state index is 4.66. The lowest BCUT2D eigenvalue weighted by atomic mass is 10.0. The molecule has 0 amide bonds. The fraction of sp³-hybridized carbons (Fsp3) is 0.339. The molecule has 18 rings (SSSR count). The zero-order chi connectivity index (χ0) is 89.1. The second-order valence-corrected chi connectivity index (χ2v) is 35.3. The van der Waals surface area contributed by atoms with E-state index in [0.29, 0.717) is 0 Å². The number of fused-ring (bicyclic) bond motifs is 18. The molecule has 18 aromatic rings. The van der Waals surface area contributed by atoms with Crippen LogP contribution < -0.4 is 0 Å². The maximum Gasteiger partial charge on any atom is 0.0712 e. The highest BCUT2D eigenvalue weighted by atomic mass is 14.8. The number of aromatic nitrogens is 12. The van der Waals surface area contributed by atoms with Crippen LogP contribution >= 0.6 is 0 Å². The molecule has 0 saturated carbocycles. The Hall–Kier alpha value is -11.8. The number of benzene rings is 6. The Morgan fingerprint density at radius 1 is 0.174 bits per heavy atom. The predicted octanol–water partition coefficient (Wildman–Crippen LogP) is 30.7. The van der Waals surface area contributed by atoms with Crippen molar-refractivity contribution in [2.75, 3.05) is 0 Å². The summed E-state index contributed by atoms with van der Waals surface area (Å²) < 4.78 is 0. The fourth-order valence-electron chi connectivity index (χ4n) is 13.3.